The number of hydrogen-bond donors (Lipinski definition) is 2. The number of carbonyl (C=O) groups is 2. The first-order chi connectivity index (χ1) is 12.7. The minimum Gasteiger partial charge on any atom is -0.478 e. The summed E-state index contributed by atoms with van der Waals surface area (Å²) in [6, 6.07) is -0.154. The normalized spacial score (nSPS) is 17.8. The second-order valence-electron chi connectivity index (χ2n) is 7.71. The third-order valence-corrected chi connectivity index (χ3v) is 4.34. The number of amides is 1. The van der Waals surface area contributed by atoms with Gasteiger partial charge in [-0.1, -0.05) is 5.16 Å². The average Bonchev–Trinajstić information content (AvgIpc) is 2.93. The molecule has 0 saturated carbocycles. The van der Waals surface area contributed by atoms with Crippen molar-refractivity contribution in [2.75, 3.05) is 18.0 Å². The third kappa shape index (κ3) is 4.12. The summed E-state index contributed by atoms with van der Waals surface area (Å²) in [5, 5.41) is 17.0. The highest BCUT2D eigenvalue weighted by Crippen LogP contribution is 2.33. The zero-order valence-electron chi connectivity index (χ0n) is 15.9. The van der Waals surface area contributed by atoms with Crippen LogP contribution in [0.1, 0.15) is 49.7 Å². The van der Waals surface area contributed by atoms with Crippen molar-refractivity contribution < 1.29 is 24.0 Å². The lowest BCUT2D eigenvalue weighted by atomic mass is 10.0. The summed E-state index contributed by atoms with van der Waals surface area (Å²) < 4.78 is 10.5. The van der Waals surface area contributed by atoms with E-state index in [2.05, 4.69) is 15.5 Å². The van der Waals surface area contributed by atoms with E-state index < -0.39 is 17.7 Å². The van der Waals surface area contributed by atoms with Crippen LogP contribution in [0.3, 0.4) is 0 Å². The van der Waals surface area contributed by atoms with Gasteiger partial charge in [-0.2, -0.15) is 0 Å². The number of hydrogen-bond acceptors (Lipinski definition) is 7. The highest BCUT2D eigenvalue weighted by atomic mass is 16.6. The molecule has 1 atom stereocenters. The lowest BCUT2D eigenvalue weighted by Gasteiger charge is -2.35. The maximum Gasteiger partial charge on any atom is 0.407 e. The van der Waals surface area contributed by atoms with Gasteiger partial charge in [-0.25, -0.2) is 14.6 Å². The standard InChI is InChI=1S/C18H24N4O5/c1-10-13-14(12(16(23)24)8-19-15(13)27-21-10)22-7-5-6-11(9-22)20-17(25)26-18(2,3)4/h8,11H,5-7,9H2,1-4H3,(H,20,25)(H,23,24)/t11-/m0/s1. The largest absolute Gasteiger partial charge is 0.478 e. The number of aromatic nitrogens is 2. The van der Waals surface area contributed by atoms with Crippen molar-refractivity contribution in [2.24, 2.45) is 0 Å². The van der Waals surface area contributed by atoms with Gasteiger partial charge in [0.05, 0.1) is 16.8 Å². The van der Waals surface area contributed by atoms with E-state index in [0.717, 1.165) is 12.8 Å². The maximum atomic E-state index is 12.1. The molecule has 2 aromatic rings. The SMILES string of the molecule is Cc1noc2ncc(C(=O)O)c(N3CCC[C@H](NC(=O)OC(C)(C)C)C3)c12. The molecule has 27 heavy (non-hydrogen) atoms. The topological polar surface area (TPSA) is 118 Å². The molecule has 0 aliphatic carbocycles. The quantitative estimate of drug-likeness (QED) is 0.839. The van der Waals surface area contributed by atoms with Crippen LogP contribution in [0.2, 0.25) is 0 Å². The monoisotopic (exact) mass is 376 g/mol. The second-order valence-corrected chi connectivity index (χ2v) is 7.71. The van der Waals surface area contributed by atoms with Crippen molar-refractivity contribution in [3.63, 3.8) is 0 Å². The van der Waals surface area contributed by atoms with E-state index in [1.165, 1.54) is 6.20 Å². The van der Waals surface area contributed by atoms with Crippen LogP contribution < -0.4 is 10.2 Å². The van der Waals surface area contributed by atoms with Crippen LogP contribution in [-0.4, -0.2) is 52.0 Å². The third-order valence-electron chi connectivity index (χ3n) is 4.34. The van der Waals surface area contributed by atoms with Gasteiger partial charge in [0, 0.05) is 25.3 Å². The van der Waals surface area contributed by atoms with Crippen molar-refractivity contribution >= 4 is 28.8 Å². The van der Waals surface area contributed by atoms with Crippen LogP contribution in [-0.2, 0) is 4.74 Å². The first-order valence-corrected chi connectivity index (χ1v) is 8.88. The van der Waals surface area contributed by atoms with Crippen molar-refractivity contribution in [3.8, 4) is 0 Å². The van der Waals surface area contributed by atoms with Gasteiger partial charge < -0.3 is 24.6 Å². The van der Waals surface area contributed by atoms with Crippen LogP contribution >= 0.6 is 0 Å². The number of aryl methyl sites for hydroxylation is 1. The van der Waals surface area contributed by atoms with Gasteiger partial charge in [0.15, 0.2) is 0 Å². The lowest BCUT2D eigenvalue weighted by Crippen LogP contribution is -2.49. The van der Waals surface area contributed by atoms with Crippen LogP contribution in [0.25, 0.3) is 11.1 Å². The van der Waals surface area contributed by atoms with Crippen molar-refractivity contribution in [1.29, 1.82) is 0 Å². The Morgan fingerprint density at radius 2 is 2.15 bits per heavy atom. The molecule has 9 heteroatoms. The van der Waals surface area contributed by atoms with Crippen molar-refractivity contribution in [1.82, 2.24) is 15.5 Å². The summed E-state index contributed by atoms with van der Waals surface area (Å²) in [6.45, 7) is 8.30. The number of rotatable bonds is 3. The van der Waals surface area contributed by atoms with Crippen molar-refractivity contribution in [3.05, 3.63) is 17.5 Å². The number of piperidine rings is 1. The summed E-state index contributed by atoms with van der Waals surface area (Å²) in [5.74, 6) is -1.07. The molecular formula is C18H24N4O5. The molecule has 2 N–H and O–H groups in total. The van der Waals surface area contributed by atoms with E-state index in [0.29, 0.717) is 35.6 Å². The fourth-order valence-corrected chi connectivity index (χ4v) is 3.29. The summed E-state index contributed by atoms with van der Waals surface area (Å²) in [5.41, 5.74) is 0.923. The zero-order valence-corrected chi connectivity index (χ0v) is 15.9. The Hall–Kier alpha value is -2.84. The number of alkyl carbamates (subject to hydrolysis) is 1. The molecule has 1 amide bonds. The minimum absolute atomic E-state index is 0.0896. The Bertz CT molecular complexity index is 870. The molecule has 9 nitrogen and oxygen atoms in total. The number of pyridine rings is 1. The van der Waals surface area contributed by atoms with Gasteiger partial charge in [0.2, 0.25) is 0 Å². The average molecular weight is 376 g/mol. The maximum absolute atomic E-state index is 12.1. The smallest absolute Gasteiger partial charge is 0.407 e. The molecule has 3 heterocycles. The lowest BCUT2D eigenvalue weighted by molar-refractivity contribution is 0.0499. The van der Waals surface area contributed by atoms with Gasteiger partial charge in [-0.15, -0.1) is 0 Å². The van der Waals surface area contributed by atoms with Crippen LogP contribution in [0, 0.1) is 6.92 Å². The van der Waals surface area contributed by atoms with Crippen LogP contribution in [0.5, 0.6) is 0 Å². The highest BCUT2D eigenvalue weighted by molar-refractivity contribution is 6.04. The molecule has 0 unspecified atom stereocenters. The number of anilines is 1. The van der Waals surface area contributed by atoms with Gasteiger partial charge in [0.1, 0.15) is 11.2 Å². The molecule has 0 aromatic carbocycles. The Morgan fingerprint density at radius 3 is 2.81 bits per heavy atom. The molecule has 1 aliphatic heterocycles. The number of ether oxygens (including phenoxy) is 1. The summed E-state index contributed by atoms with van der Waals surface area (Å²) in [6.07, 6.45) is 2.40. The molecule has 146 valence electrons. The fourth-order valence-electron chi connectivity index (χ4n) is 3.29. The number of fused-ring (bicyclic) bond motifs is 1. The molecule has 3 rings (SSSR count). The molecule has 0 bridgehead atoms. The summed E-state index contributed by atoms with van der Waals surface area (Å²) >= 11 is 0. The van der Waals surface area contributed by atoms with E-state index in [1.807, 2.05) is 4.90 Å². The van der Waals surface area contributed by atoms with Crippen LogP contribution in [0.4, 0.5) is 10.5 Å². The molecule has 1 aliphatic rings. The van der Waals surface area contributed by atoms with E-state index in [1.54, 1.807) is 27.7 Å². The molecule has 1 saturated heterocycles. The van der Waals surface area contributed by atoms with Crippen LogP contribution in [0.15, 0.2) is 10.7 Å². The van der Waals surface area contributed by atoms with Crippen molar-refractivity contribution in [2.45, 2.75) is 52.2 Å². The van der Waals surface area contributed by atoms with Gasteiger partial charge in [0.25, 0.3) is 5.71 Å². The summed E-state index contributed by atoms with van der Waals surface area (Å²) in [4.78, 5) is 29.8. The minimum atomic E-state index is -1.07. The van der Waals surface area contributed by atoms with E-state index >= 15 is 0 Å². The molecule has 2 aromatic heterocycles. The Balaban J connectivity index is 1.88. The predicted molar refractivity (Wildman–Crippen MR) is 98.1 cm³/mol. The molecular weight excluding hydrogens is 352 g/mol. The summed E-state index contributed by atoms with van der Waals surface area (Å²) in [7, 11) is 0. The van der Waals surface area contributed by atoms with Gasteiger partial charge in [-0.3, -0.25) is 0 Å². The first kappa shape index (κ1) is 18.9. The number of carbonyl (C=O) groups excluding carboxylic acids is 1. The number of nitrogens with one attached hydrogen (secondary N) is 1. The second kappa shape index (κ2) is 7.05. The molecule has 0 radical (unpaired) electrons. The predicted octanol–water partition coefficient (Wildman–Crippen LogP) is 2.72. The number of carboxylic acids is 1. The number of nitrogens with zero attached hydrogens (tertiary/aromatic N) is 3. The van der Waals surface area contributed by atoms with E-state index in [9.17, 15) is 14.7 Å². The fraction of sp³-hybridized carbons (Fsp3) is 0.556. The Labute approximate surface area is 156 Å². The number of carboxylic acid groups (broad SMARTS) is 1. The molecule has 0 spiro atoms. The highest BCUT2D eigenvalue weighted by Gasteiger charge is 2.29. The van der Waals surface area contributed by atoms with Gasteiger partial charge in [-0.05, 0) is 40.5 Å². The molecule has 1 fully saturated rings. The van der Waals surface area contributed by atoms with Gasteiger partial charge >= 0.3 is 12.1 Å². The number of aromatic carboxylic acids is 1. The zero-order chi connectivity index (χ0) is 19.8. The van der Waals surface area contributed by atoms with E-state index in [4.69, 9.17) is 9.26 Å². The Morgan fingerprint density at radius 1 is 1.41 bits per heavy atom. The first-order valence-electron chi connectivity index (χ1n) is 8.88. The Kier molecular flexibility index (Phi) is 4.95. The van der Waals surface area contributed by atoms with E-state index in [-0.39, 0.29) is 11.6 Å².